The van der Waals surface area contributed by atoms with E-state index in [-0.39, 0.29) is 24.9 Å². The lowest BCUT2D eigenvalue weighted by Gasteiger charge is -2.34. The third-order valence-corrected chi connectivity index (χ3v) is 8.41. The number of carbonyl (C=O) groups excluding carboxylic acids is 2. The van der Waals surface area contributed by atoms with Crippen LogP contribution in [0.4, 0.5) is 5.69 Å². The Hall–Kier alpha value is -3.07. The summed E-state index contributed by atoms with van der Waals surface area (Å²) in [5, 5.41) is 3.89. The van der Waals surface area contributed by atoms with Crippen LogP contribution >= 0.6 is 23.2 Å². The number of carbonyl (C=O) groups is 2. The van der Waals surface area contributed by atoms with Gasteiger partial charge in [-0.3, -0.25) is 13.9 Å². The van der Waals surface area contributed by atoms with Crippen LogP contribution in [0.3, 0.4) is 0 Å². The molecule has 0 aliphatic carbocycles. The SMILES string of the molecule is CCC(C)NC(=O)C(Cc1ccccc1)N(Cc1ccccc1Cl)C(=O)CN(c1ccc(Cl)cc1C)S(C)(=O)=O. The van der Waals surface area contributed by atoms with E-state index in [1.54, 1.807) is 49.4 Å². The minimum Gasteiger partial charge on any atom is -0.352 e. The van der Waals surface area contributed by atoms with Crippen molar-refractivity contribution in [2.75, 3.05) is 17.1 Å². The van der Waals surface area contributed by atoms with Crippen molar-refractivity contribution in [3.05, 3.63) is 99.5 Å². The summed E-state index contributed by atoms with van der Waals surface area (Å²) in [6.07, 6.45) is 1.99. The van der Waals surface area contributed by atoms with Crippen LogP contribution in [0.5, 0.6) is 0 Å². The molecular weight excluding hydrogens is 569 g/mol. The molecule has 0 saturated heterocycles. The molecule has 3 aromatic rings. The molecule has 0 spiro atoms. The van der Waals surface area contributed by atoms with Gasteiger partial charge in [-0.2, -0.15) is 0 Å². The molecule has 0 bridgehead atoms. The highest BCUT2D eigenvalue weighted by Gasteiger charge is 2.34. The Morgan fingerprint density at radius 3 is 2.23 bits per heavy atom. The topological polar surface area (TPSA) is 86.8 Å². The highest BCUT2D eigenvalue weighted by molar-refractivity contribution is 7.92. The summed E-state index contributed by atoms with van der Waals surface area (Å²) in [6, 6.07) is 20.2. The van der Waals surface area contributed by atoms with Gasteiger partial charge in [-0.05, 0) is 61.2 Å². The highest BCUT2D eigenvalue weighted by atomic mass is 35.5. The predicted molar refractivity (Wildman–Crippen MR) is 162 cm³/mol. The zero-order chi connectivity index (χ0) is 29.4. The van der Waals surface area contributed by atoms with Crippen molar-refractivity contribution in [1.82, 2.24) is 10.2 Å². The maximum absolute atomic E-state index is 14.1. The molecule has 7 nitrogen and oxygen atoms in total. The Bertz CT molecular complexity index is 1430. The molecule has 10 heteroatoms. The molecule has 0 heterocycles. The Balaban J connectivity index is 2.09. The second kappa shape index (κ2) is 14.0. The highest BCUT2D eigenvalue weighted by Crippen LogP contribution is 2.27. The largest absolute Gasteiger partial charge is 0.352 e. The summed E-state index contributed by atoms with van der Waals surface area (Å²) in [6.45, 7) is 5.09. The first-order valence-corrected chi connectivity index (χ1v) is 15.6. The van der Waals surface area contributed by atoms with Gasteiger partial charge in [-0.1, -0.05) is 78.7 Å². The normalized spacial score (nSPS) is 12.8. The lowest BCUT2D eigenvalue weighted by molar-refractivity contribution is -0.140. The summed E-state index contributed by atoms with van der Waals surface area (Å²) in [5.74, 6) is -0.868. The second-order valence-corrected chi connectivity index (χ2v) is 12.6. The Kier molecular flexibility index (Phi) is 11.0. The van der Waals surface area contributed by atoms with E-state index in [0.717, 1.165) is 16.1 Å². The second-order valence-electron chi connectivity index (χ2n) is 9.84. The predicted octanol–water partition coefficient (Wildman–Crippen LogP) is 5.62. The third kappa shape index (κ3) is 8.46. The fraction of sp³-hybridized carbons (Fsp3) is 0.333. The molecular formula is C30H35Cl2N3O4S. The Morgan fingerprint density at radius 2 is 1.62 bits per heavy atom. The zero-order valence-corrected chi connectivity index (χ0v) is 25.4. The van der Waals surface area contributed by atoms with Crippen LogP contribution in [0.25, 0.3) is 0 Å². The molecule has 0 radical (unpaired) electrons. The first-order chi connectivity index (χ1) is 18.9. The van der Waals surface area contributed by atoms with Gasteiger partial charge in [0.15, 0.2) is 0 Å². The van der Waals surface area contributed by atoms with E-state index in [0.29, 0.717) is 33.3 Å². The molecule has 0 aliphatic rings. The monoisotopic (exact) mass is 603 g/mol. The summed E-state index contributed by atoms with van der Waals surface area (Å²) in [4.78, 5) is 29.3. The van der Waals surface area contributed by atoms with Crippen LogP contribution in [-0.4, -0.2) is 50.0 Å². The number of rotatable bonds is 12. The first kappa shape index (κ1) is 31.5. The third-order valence-electron chi connectivity index (χ3n) is 6.68. The van der Waals surface area contributed by atoms with Gasteiger partial charge >= 0.3 is 0 Å². The number of anilines is 1. The Morgan fingerprint density at radius 1 is 0.975 bits per heavy atom. The van der Waals surface area contributed by atoms with Crippen molar-refractivity contribution in [1.29, 1.82) is 0 Å². The van der Waals surface area contributed by atoms with Gasteiger partial charge in [0.1, 0.15) is 12.6 Å². The first-order valence-electron chi connectivity index (χ1n) is 13.0. The van der Waals surface area contributed by atoms with Crippen molar-refractivity contribution < 1.29 is 18.0 Å². The molecule has 2 unspecified atom stereocenters. The van der Waals surface area contributed by atoms with E-state index in [4.69, 9.17) is 23.2 Å². The fourth-order valence-corrected chi connectivity index (χ4v) is 5.63. The van der Waals surface area contributed by atoms with E-state index in [1.807, 2.05) is 44.2 Å². The molecule has 0 aromatic heterocycles. The smallest absolute Gasteiger partial charge is 0.244 e. The Labute approximate surface area is 247 Å². The molecule has 0 aliphatic heterocycles. The maximum Gasteiger partial charge on any atom is 0.244 e. The molecule has 1 N–H and O–H groups in total. The molecule has 2 amide bonds. The lowest BCUT2D eigenvalue weighted by Crippen LogP contribution is -2.54. The quantitative estimate of drug-likeness (QED) is 0.291. The average molecular weight is 605 g/mol. The van der Waals surface area contributed by atoms with Crippen molar-refractivity contribution in [3.8, 4) is 0 Å². The van der Waals surface area contributed by atoms with E-state index in [1.165, 1.54) is 4.90 Å². The zero-order valence-electron chi connectivity index (χ0n) is 23.1. The number of hydrogen-bond donors (Lipinski definition) is 1. The van der Waals surface area contributed by atoms with Gasteiger partial charge < -0.3 is 10.2 Å². The number of sulfonamides is 1. The van der Waals surface area contributed by atoms with E-state index in [2.05, 4.69) is 5.32 Å². The van der Waals surface area contributed by atoms with Crippen LogP contribution in [0, 0.1) is 6.92 Å². The minimum atomic E-state index is -3.87. The minimum absolute atomic E-state index is 0.0150. The molecule has 0 saturated carbocycles. The molecule has 3 aromatic carbocycles. The van der Waals surface area contributed by atoms with Crippen molar-refractivity contribution in [2.45, 2.75) is 52.2 Å². The lowest BCUT2D eigenvalue weighted by atomic mass is 10.0. The fourth-order valence-electron chi connectivity index (χ4n) is 4.30. The molecule has 214 valence electrons. The van der Waals surface area contributed by atoms with Crippen LogP contribution in [-0.2, 0) is 32.6 Å². The summed E-state index contributed by atoms with van der Waals surface area (Å²) in [5.41, 5.74) is 2.43. The summed E-state index contributed by atoms with van der Waals surface area (Å²) < 4.78 is 26.9. The van der Waals surface area contributed by atoms with Gasteiger partial charge in [-0.15, -0.1) is 0 Å². The average Bonchev–Trinajstić information content (AvgIpc) is 2.90. The number of aryl methyl sites for hydroxylation is 1. The summed E-state index contributed by atoms with van der Waals surface area (Å²) >= 11 is 12.6. The van der Waals surface area contributed by atoms with Crippen LogP contribution in [0.15, 0.2) is 72.8 Å². The van der Waals surface area contributed by atoms with Crippen molar-refractivity contribution in [3.63, 3.8) is 0 Å². The van der Waals surface area contributed by atoms with Gasteiger partial charge in [0.25, 0.3) is 0 Å². The standard InChI is InChI=1S/C30H35Cl2N3O4S/c1-5-22(3)33-30(37)28(18-23-11-7-6-8-12-23)34(19-24-13-9-10-14-26(24)32)29(36)20-35(40(4,38)39)27-16-15-25(31)17-21(27)2/h6-17,22,28H,5,18-20H2,1-4H3,(H,33,37). The van der Waals surface area contributed by atoms with Gasteiger partial charge in [-0.25, -0.2) is 8.42 Å². The van der Waals surface area contributed by atoms with Crippen molar-refractivity contribution >= 4 is 50.7 Å². The molecule has 0 fully saturated rings. The van der Waals surface area contributed by atoms with E-state index < -0.39 is 28.5 Å². The summed E-state index contributed by atoms with van der Waals surface area (Å²) in [7, 11) is -3.87. The van der Waals surface area contributed by atoms with Crippen molar-refractivity contribution in [2.24, 2.45) is 0 Å². The van der Waals surface area contributed by atoms with Crippen LogP contribution in [0.1, 0.15) is 37.0 Å². The molecule has 40 heavy (non-hydrogen) atoms. The number of nitrogens with zero attached hydrogens (tertiary/aromatic N) is 2. The molecule has 3 rings (SSSR count). The number of nitrogens with one attached hydrogen (secondary N) is 1. The van der Waals surface area contributed by atoms with E-state index in [9.17, 15) is 18.0 Å². The van der Waals surface area contributed by atoms with Crippen LogP contribution in [0.2, 0.25) is 10.0 Å². The maximum atomic E-state index is 14.1. The number of amides is 2. The number of halogens is 2. The van der Waals surface area contributed by atoms with Gasteiger partial charge in [0, 0.05) is 29.1 Å². The van der Waals surface area contributed by atoms with Crippen LogP contribution < -0.4 is 9.62 Å². The number of hydrogen-bond acceptors (Lipinski definition) is 4. The van der Waals surface area contributed by atoms with Gasteiger partial charge in [0.05, 0.1) is 11.9 Å². The number of benzene rings is 3. The molecule has 2 atom stereocenters. The van der Waals surface area contributed by atoms with E-state index >= 15 is 0 Å². The van der Waals surface area contributed by atoms with Gasteiger partial charge in [0.2, 0.25) is 21.8 Å².